The molecule has 96 heavy (non-hydrogen) atoms. The molecule has 6 aromatic carbocycles. The Labute approximate surface area is 567 Å². The van der Waals surface area contributed by atoms with Gasteiger partial charge >= 0.3 is 22.2 Å². The molecule has 0 saturated heterocycles. The van der Waals surface area contributed by atoms with Crippen molar-refractivity contribution in [1.82, 2.24) is 13.7 Å². The number of fused-ring (bicyclic) bond motifs is 12. The van der Waals surface area contributed by atoms with Crippen LogP contribution in [0.25, 0.3) is 0 Å². The average Bonchev–Trinajstić information content (AvgIpc) is 0.867. The number of nitriles is 3. The zero-order valence-corrected chi connectivity index (χ0v) is 58.2. The van der Waals surface area contributed by atoms with Crippen molar-refractivity contribution in [2.45, 2.75) is 137 Å². The summed E-state index contributed by atoms with van der Waals surface area (Å²) in [5.74, 6) is 12.7. The molecule has 0 saturated carbocycles. The molecule has 1 aliphatic carbocycles. The minimum atomic E-state index is -0.339. The van der Waals surface area contributed by atoms with Gasteiger partial charge in [0.2, 0.25) is 0 Å². The number of nitrogens with two attached hydrogens (primary N) is 3. The SMILES string of the molecule is COc1c2cc(N)cc1Cc1cc(C(C)(C)C)cc(c1OCc1n(C)cc[n+]1[B]C#N)Cc1cc(N)cc(c1OC)Cc1cc(C(C)(C)C)cc(c1OCc1n(C)cc[n+]1[B]C#N)Cc1cc(N)cc(c1OC)Cc1cc(C(C)(C)C)cc(c1OCc1n(C)cc[n+]1[B]C#N)C2. The van der Waals surface area contributed by atoms with Crippen molar-refractivity contribution in [3.8, 4) is 52.4 Å². The van der Waals surface area contributed by atoms with Crippen LogP contribution in [-0.4, -0.2) is 57.3 Å². The van der Waals surface area contributed by atoms with Gasteiger partial charge in [0.1, 0.15) is 71.7 Å². The van der Waals surface area contributed by atoms with E-state index in [2.05, 4.69) is 117 Å². The molecule has 0 unspecified atom stereocenters. The summed E-state index contributed by atoms with van der Waals surface area (Å²) in [6.07, 6.45) is 13.3. The van der Waals surface area contributed by atoms with Crippen LogP contribution in [0.1, 0.15) is 163 Å². The number of hydrogen-bond donors (Lipinski definition) is 3. The first-order valence-electron chi connectivity index (χ1n) is 32.2. The average molecular weight is 1290 g/mol. The molecule has 10 rings (SSSR count). The summed E-state index contributed by atoms with van der Waals surface area (Å²) in [4.78, 5) is 0. The first-order chi connectivity index (χ1) is 45.6. The van der Waals surface area contributed by atoms with E-state index in [1.165, 1.54) is 22.2 Å². The van der Waals surface area contributed by atoms with Gasteiger partial charge in [-0.25, -0.2) is 29.5 Å². The highest BCUT2D eigenvalue weighted by atomic mass is 16.5. The molecule has 3 aromatic heterocycles. The number of anilines is 3. The minimum Gasteiger partial charge on any atom is -0.496 e. The van der Waals surface area contributed by atoms with Gasteiger partial charge in [-0.05, 0) is 103 Å². The number of rotatable bonds is 15. The number of ether oxygens (including phenoxy) is 6. The predicted molar refractivity (Wildman–Crippen MR) is 375 cm³/mol. The van der Waals surface area contributed by atoms with Gasteiger partial charge in [-0.1, -0.05) is 98.7 Å². The van der Waals surface area contributed by atoms with Crippen LogP contribution in [0, 0.1) is 33.7 Å². The maximum Gasteiger partial charge on any atom is 0.530 e. The molecular weight excluding hydrogens is 1200 g/mol. The van der Waals surface area contributed by atoms with Gasteiger partial charge in [-0.3, -0.25) is 13.4 Å². The Bertz CT molecular complexity index is 3960. The van der Waals surface area contributed by atoms with Gasteiger partial charge in [0.05, 0.1) is 60.4 Å². The Kier molecular flexibility index (Phi) is 20.0. The molecule has 21 heteroatoms. The molecule has 0 spiro atoms. The van der Waals surface area contributed by atoms with Crippen LogP contribution in [0.4, 0.5) is 17.1 Å². The molecule has 0 fully saturated rings. The summed E-state index contributed by atoms with van der Waals surface area (Å²) in [5.41, 5.74) is 35.5. The largest absolute Gasteiger partial charge is 0.530 e. The van der Waals surface area contributed by atoms with Gasteiger partial charge in [-0.2, -0.15) is 0 Å². The van der Waals surface area contributed by atoms with Crippen molar-refractivity contribution in [3.05, 3.63) is 211 Å². The Morgan fingerprint density at radius 3 is 0.740 bits per heavy atom. The fraction of sp³-hybridized carbons (Fsp3) is 0.360. The van der Waals surface area contributed by atoms with Crippen molar-refractivity contribution in [3.63, 3.8) is 0 Å². The summed E-state index contributed by atoms with van der Waals surface area (Å²) in [5, 5.41) is 29.8. The number of hydrogen-bond acceptors (Lipinski definition) is 12. The fourth-order valence-electron chi connectivity index (χ4n) is 13.1. The Morgan fingerprint density at radius 1 is 0.365 bits per heavy atom. The second kappa shape index (κ2) is 28.0. The highest BCUT2D eigenvalue weighted by molar-refractivity contribution is 6.35. The molecular formula is C75H87B3N12O6+3. The van der Waals surface area contributed by atoms with Gasteiger partial charge in [-0.15, -0.1) is 0 Å². The molecule has 0 amide bonds. The molecule has 12 bridgehead atoms. The highest BCUT2D eigenvalue weighted by Gasteiger charge is 2.31. The Hall–Kier alpha value is -10.2. The standard InChI is InChI=1S/C75H87B3N12O6/c1-73(2,3)58-28-46-22-52-34-61(82)36-54(67(52)91-13)24-48-30-59(74(4,5)6)32-50(71(48)95-41-65-86(11)17-20-89(65)77-44-80)26-56-38-63(84)39-57(69(56)93-15)27-51-33-60(75(7,8)9)31-49(72(51)96-42-66-87(12)18-21-90(66)78-45-81)25-55-37-62(83)35-53(68(55)92-14)23-47(29-58)70(46)94-40-64-85(10)16-19-88(64)76-43-79/h16-21,28-39H,22-27,40-42,82-84H2,1-15H3/q+3. The van der Waals surface area contributed by atoms with Crippen LogP contribution < -0.4 is 59.1 Å². The lowest BCUT2D eigenvalue weighted by Gasteiger charge is -2.27. The van der Waals surface area contributed by atoms with Crippen molar-refractivity contribution >= 4 is 39.3 Å². The normalized spacial score (nSPS) is 12.5. The zero-order valence-electron chi connectivity index (χ0n) is 58.2. The first-order valence-corrected chi connectivity index (χ1v) is 32.2. The van der Waals surface area contributed by atoms with E-state index in [0.29, 0.717) is 90.1 Å². The summed E-state index contributed by atoms with van der Waals surface area (Å²) >= 11 is 0. The third kappa shape index (κ3) is 14.8. The maximum atomic E-state index is 9.93. The van der Waals surface area contributed by atoms with Crippen molar-refractivity contribution in [1.29, 1.82) is 15.8 Å². The molecule has 3 radical (unpaired) electrons. The van der Waals surface area contributed by atoms with Crippen molar-refractivity contribution in [2.75, 3.05) is 38.5 Å². The second-order valence-electron chi connectivity index (χ2n) is 28.1. The third-order valence-corrected chi connectivity index (χ3v) is 18.1. The van der Waals surface area contributed by atoms with E-state index >= 15 is 0 Å². The van der Waals surface area contributed by atoms with Gasteiger partial charge in [0, 0.05) is 89.0 Å². The van der Waals surface area contributed by atoms with Crippen LogP contribution in [0.3, 0.4) is 0 Å². The molecule has 0 atom stereocenters. The van der Waals surface area contributed by atoms with Crippen molar-refractivity contribution < 1.29 is 41.9 Å². The monoisotopic (exact) mass is 1280 g/mol. The number of nitrogens with zero attached hydrogens (tertiary/aromatic N) is 9. The summed E-state index contributed by atoms with van der Waals surface area (Å²) in [7, 11) is 15.3. The van der Waals surface area contributed by atoms with E-state index in [9.17, 15) is 15.8 Å². The van der Waals surface area contributed by atoms with Crippen LogP contribution in [0.2, 0.25) is 0 Å². The Balaban J connectivity index is 1.29. The number of imidazole rings is 3. The van der Waals surface area contributed by atoms with Crippen LogP contribution in [-0.2, 0) is 95.7 Å². The molecule has 1 aliphatic rings. The molecule has 3 heterocycles. The summed E-state index contributed by atoms with van der Waals surface area (Å²) in [6, 6.07) is 25.3. The highest BCUT2D eigenvalue weighted by Crippen LogP contribution is 2.45. The van der Waals surface area contributed by atoms with Crippen LogP contribution in [0.15, 0.2) is 110 Å². The molecule has 6 N–H and O–H groups in total. The quantitative estimate of drug-likeness (QED) is 0.0643. The smallest absolute Gasteiger partial charge is 0.496 e. The van der Waals surface area contributed by atoms with Gasteiger partial charge < -0.3 is 45.6 Å². The minimum absolute atomic E-state index is 0.107. The van der Waals surface area contributed by atoms with E-state index < -0.39 is 0 Å². The molecule has 489 valence electrons. The fourth-order valence-corrected chi connectivity index (χ4v) is 13.1. The number of benzene rings is 6. The van der Waals surface area contributed by atoms with Crippen LogP contribution in [0.5, 0.6) is 34.5 Å². The Morgan fingerprint density at radius 2 is 0.562 bits per heavy atom. The number of aryl methyl sites for hydroxylation is 3. The summed E-state index contributed by atoms with van der Waals surface area (Å²) < 4.78 is 52.7. The number of aromatic nitrogens is 6. The number of nitrogen functional groups attached to an aromatic ring is 3. The third-order valence-electron chi connectivity index (χ3n) is 18.1. The predicted octanol–water partition coefficient (Wildman–Crippen LogP) is 9.67. The number of methoxy groups -OCH3 is 3. The summed E-state index contributed by atoms with van der Waals surface area (Å²) in [6.45, 7) is 20.2. The maximum absolute atomic E-state index is 9.93. The topological polar surface area (TPSA) is 231 Å². The molecule has 0 aliphatic heterocycles. The van der Waals surface area contributed by atoms with Gasteiger partial charge in [0.15, 0.2) is 19.8 Å². The van der Waals surface area contributed by atoms with Crippen LogP contribution >= 0.6 is 0 Å². The van der Waals surface area contributed by atoms with Crippen molar-refractivity contribution in [2.24, 2.45) is 21.1 Å². The zero-order chi connectivity index (χ0) is 69.1. The van der Waals surface area contributed by atoms with E-state index in [1.54, 1.807) is 34.8 Å². The van der Waals surface area contributed by atoms with E-state index in [4.69, 9.17) is 45.6 Å². The van der Waals surface area contributed by atoms with E-state index in [1.807, 2.05) is 108 Å². The second-order valence-corrected chi connectivity index (χ2v) is 28.1. The lowest BCUT2D eigenvalue weighted by molar-refractivity contribution is -0.539. The lowest BCUT2D eigenvalue weighted by atomic mass is 9.81. The molecule has 18 nitrogen and oxygen atoms in total. The molecule has 9 aromatic rings. The van der Waals surface area contributed by atoms with E-state index in [0.717, 1.165) is 101 Å². The van der Waals surface area contributed by atoms with E-state index in [-0.39, 0.29) is 36.1 Å². The first kappa shape index (κ1) is 68.7. The van der Waals surface area contributed by atoms with Gasteiger partial charge in [0.25, 0.3) is 17.5 Å². The lowest BCUT2D eigenvalue weighted by Crippen LogP contribution is -2.42.